The minimum atomic E-state index is -4.63. The summed E-state index contributed by atoms with van der Waals surface area (Å²) < 4.78 is 82.2. The number of carbonyl (C=O) groups is 1. The second-order valence-corrected chi connectivity index (χ2v) is 11.0. The molecule has 3 rings (SSSR count). The number of rotatable bonds is 5. The van der Waals surface area contributed by atoms with Crippen molar-refractivity contribution in [3.05, 3.63) is 46.8 Å². The summed E-state index contributed by atoms with van der Waals surface area (Å²) in [4.78, 5) is 14.1. The molecule has 1 aromatic carbocycles. The van der Waals surface area contributed by atoms with Gasteiger partial charge in [0.25, 0.3) is 0 Å². The van der Waals surface area contributed by atoms with Crippen molar-refractivity contribution in [3.8, 4) is 0 Å². The topological polar surface area (TPSA) is 54.3 Å². The van der Waals surface area contributed by atoms with E-state index in [4.69, 9.17) is 0 Å². The summed E-state index contributed by atoms with van der Waals surface area (Å²) in [5.74, 6) is -4.77. The molecule has 1 aliphatic rings. The molecule has 1 unspecified atom stereocenters. The molecule has 1 aromatic heterocycles. The molecule has 0 fully saturated rings. The van der Waals surface area contributed by atoms with Crippen LogP contribution in [0.1, 0.15) is 23.6 Å². The Morgan fingerprint density at radius 2 is 1.83 bits per heavy atom. The van der Waals surface area contributed by atoms with Crippen LogP contribution in [0.25, 0.3) is 0 Å². The van der Waals surface area contributed by atoms with Crippen molar-refractivity contribution in [2.45, 2.75) is 38.1 Å². The fourth-order valence-electron chi connectivity index (χ4n) is 3.27. The zero-order chi connectivity index (χ0) is 22.2. The Kier molecular flexibility index (Phi) is 6.75. The van der Waals surface area contributed by atoms with Crippen LogP contribution < -0.4 is 0 Å². The van der Waals surface area contributed by atoms with E-state index in [0.717, 1.165) is 10.6 Å². The molecule has 30 heavy (non-hydrogen) atoms. The van der Waals surface area contributed by atoms with Gasteiger partial charge in [0.2, 0.25) is 0 Å². The molecule has 159 valence electrons. The molecule has 0 spiro atoms. The molecular formula is C17H16F6HgN5O. The predicted molar refractivity (Wildman–Crippen MR) is 86.6 cm³/mol. The number of benzene rings is 1. The number of fused-ring (bicyclic) bond motifs is 1. The standard InChI is InChI=1S/C17H16F6N5O.Hg/c1-24-10(4-9-5-12(19)13(20)7-11(9)18)6-15(29)27-2-3-28-14(8-27)25-26-16(28)17(21,22)23;/h5,7,10H,2-4,6,8H2,1H3;/q-1;+1. The van der Waals surface area contributed by atoms with Gasteiger partial charge in [-0.2, -0.15) is 0 Å². The number of halogens is 6. The van der Waals surface area contributed by atoms with Gasteiger partial charge < -0.3 is 0 Å². The molecule has 0 saturated heterocycles. The van der Waals surface area contributed by atoms with Crippen molar-refractivity contribution in [3.63, 3.8) is 0 Å². The monoisotopic (exact) mass is 622 g/mol. The van der Waals surface area contributed by atoms with Gasteiger partial charge in [-0.05, 0) is 0 Å². The van der Waals surface area contributed by atoms with E-state index in [-0.39, 0.29) is 76.2 Å². The Morgan fingerprint density at radius 1 is 1.17 bits per heavy atom. The summed E-state index contributed by atoms with van der Waals surface area (Å²) in [6.07, 6.45) is -4.68. The van der Waals surface area contributed by atoms with Gasteiger partial charge in [-0.25, -0.2) is 0 Å². The van der Waals surface area contributed by atoms with Gasteiger partial charge in [-0.3, -0.25) is 0 Å². The average molecular weight is 621 g/mol. The number of aromatic nitrogens is 3. The van der Waals surface area contributed by atoms with Crippen molar-refractivity contribution in [1.29, 1.82) is 0 Å². The molecule has 1 amide bonds. The van der Waals surface area contributed by atoms with Crippen LogP contribution in [0.3, 0.4) is 0 Å². The predicted octanol–water partition coefficient (Wildman–Crippen LogP) is 2.45. The Labute approximate surface area is 184 Å². The molecule has 0 radical (unpaired) electrons. The van der Waals surface area contributed by atoms with Crippen LogP contribution in [0.15, 0.2) is 12.1 Å². The van der Waals surface area contributed by atoms with E-state index in [1.54, 1.807) is 7.05 Å². The first-order chi connectivity index (χ1) is 14.0. The molecule has 0 aliphatic carbocycles. The molecule has 2 aromatic rings. The number of carbonyl (C=O) groups excluding carboxylic acids is 1. The Balaban J connectivity index is 1.71. The molecule has 1 aliphatic heterocycles. The minimum absolute atomic E-state index is 0.00296. The first-order valence-corrected chi connectivity index (χ1v) is 11.4. The van der Waals surface area contributed by atoms with Crippen LogP contribution in [-0.2, 0) is 56.9 Å². The quantitative estimate of drug-likeness (QED) is 0.293. The van der Waals surface area contributed by atoms with E-state index in [2.05, 4.69) is 10.2 Å². The van der Waals surface area contributed by atoms with E-state index in [0.29, 0.717) is 6.07 Å². The van der Waals surface area contributed by atoms with E-state index < -0.39 is 35.5 Å². The summed E-state index contributed by atoms with van der Waals surface area (Å²) in [5, 5.41) is 6.71. The molecular weight excluding hydrogens is 605 g/mol. The second kappa shape index (κ2) is 8.81. The molecule has 1 atom stereocenters. The number of hydrogen-bond donors (Lipinski definition) is 0. The van der Waals surface area contributed by atoms with Crippen molar-refractivity contribution < 1.29 is 57.6 Å². The summed E-state index contributed by atoms with van der Waals surface area (Å²) in [6.45, 7) is -0.163. The van der Waals surface area contributed by atoms with Gasteiger partial charge in [0.1, 0.15) is 0 Å². The van der Waals surface area contributed by atoms with Gasteiger partial charge in [-0.15, -0.1) is 0 Å². The first-order valence-electron chi connectivity index (χ1n) is 8.91. The molecule has 13 heteroatoms. The second-order valence-electron chi connectivity index (χ2n) is 7.08. The Morgan fingerprint density at radius 3 is 2.47 bits per heavy atom. The van der Waals surface area contributed by atoms with Crippen LogP contribution in [0.4, 0.5) is 26.3 Å². The summed E-state index contributed by atoms with van der Waals surface area (Å²) in [5.41, 5.74) is -0.0443. The van der Waals surface area contributed by atoms with Crippen LogP contribution >= 0.6 is 0 Å². The zero-order valence-electron chi connectivity index (χ0n) is 15.9. The maximum absolute atomic E-state index is 14.0. The van der Waals surface area contributed by atoms with Gasteiger partial charge in [-0.1, -0.05) is 0 Å². The normalized spacial score (nSPS) is 15.5. The zero-order valence-corrected chi connectivity index (χ0v) is 21.4. The third-order valence-corrected chi connectivity index (χ3v) is 6.95. The Bertz CT molecular complexity index is 947. The number of likely N-dealkylation sites (N-methyl/N-ethyl adjacent to an activating group) is 1. The average Bonchev–Trinajstić information content (AvgIpc) is 3.08. The SMILES string of the molecule is C[N]([Hg])C(CC(=O)N1CCn2c(nnc2C(F)(F)F)C1)Cc1cc(F)c(F)cc1F. The van der Waals surface area contributed by atoms with Crippen molar-refractivity contribution >= 4 is 5.91 Å². The van der Waals surface area contributed by atoms with Crippen molar-refractivity contribution in [2.24, 2.45) is 0 Å². The van der Waals surface area contributed by atoms with Crippen LogP contribution in [0.5, 0.6) is 0 Å². The van der Waals surface area contributed by atoms with Gasteiger partial charge in [0.15, 0.2) is 0 Å². The molecule has 0 N–H and O–H groups in total. The van der Waals surface area contributed by atoms with Crippen LogP contribution in [0.2, 0.25) is 0 Å². The summed E-state index contributed by atoms with van der Waals surface area (Å²) in [7, 11) is 1.74. The number of nitrogens with zero attached hydrogens (tertiary/aromatic N) is 5. The first kappa shape index (κ1) is 23.0. The van der Waals surface area contributed by atoms with Gasteiger partial charge in [0.05, 0.1) is 0 Å². The van der Waals surface area contributed by atoms with Gasteiger partial charge >= 0.3 is 184 Å². The van der Waals surface area contributed by atoms with E-state index >= 15 is 0 Å². The number of alkyl halides is 3. The van der Waals surface area contributed by atoms with Gasteiger partial charge in [0, 0.05) is 0 Å². The molecule has 6 nitrogen and oxygen atoms in total. The van der Waals surface area contributed by atoms with Crippen molar-refractivity contribution in [1.82, 2.24) is 22.3 Å². The third-order valence-electron chi connectivity index (χ3n) is 4.94. The van der Waals surface area contributed by atoms with E-state index in [9.17, 15) is 31.1 Å². The van der Waals surface area contributed by atoms with Crippen LogP contribution in [0, 0.1) is 17.5 Å². The third kappa shape index (κ3) is 4.95. The number of amides is 1. The fourth-order valence-corrected chi connectivity index (χ4v) is 4.27. The maximum atomic E-state index is 14.0. The molecule has 2 heterocycles. The summed E-state index contributed by atoms with van der Waals surface area (Å²) in [6, 6.07) is 0.795. The summed E-state index contributed by atoms with van der Waals surface area (Å²) >= 11 is 0.0651. The Hall–Kier alpha value is -1.69. The molecule has 0 bridgehead atoms. The molecule has 0 saturated carbocycles. The van der Waals surface area contributed by atoms with E-state index in [1.165, 1.54) is 4.90 Å². The van der Waals surface area contributed by atoms with Crippen molar-refractivity contribution in [2.75, 3.05) is 13.6 Å². The number of hydrogen-bond acceptors (Lipinski definition) is 4. The van der Waals surface area contributed by atoms with E-state index in [1.807, 2.05) is 2.66 Å². The fraction of sp³-hybridized carbons (Fsp3) is 0.471. The van der Waals surface area contributed by atoms with Crippen LogP contribution in [-0.4, -0.2) is 47.9 Å².